The molecular weight excluding hydrogens is 452 g/mol. The molecule has 0 aromatic heterocycles. The van der Waals surface area contributed by atoms with E-state index in [0.29, 0.717) is 25.1 Å². The third-order valence-electron chi connectivity index (χ3n) is 6.33. The molecule has 0 saturated carbocycles. The standard InChI is InChI=1S/C29H32N4O3/c34-27(33-20-18-32(19-21-33)25-14-8-3-9-15-25)16-17-30-29(36)26(22-23-10-4-1-5-11-23)31-28(35)24-12-6-2-7-13-24/h1-15,26H,16-22H2,(H,30,36)(H,31,35). The maximum atomic E-state index is 13.0. The van der Waals surface area contributed by atoms with Crippen LogP contribution in [0, 0.1) is 0 Å². The number of carbonyl (C=O) groups is 3. The summed E-state index contributed by atoms with van der Waals surface area (Å²) < 4.78 is 0. The number of hydrogen-bond acceptors (Lipinski definition) is 4. The summed E-state index contributed by atoms with van der Waals surface area (Å²) in [5, 5.41) is 5.70. The van der Waals surface area contributed by atoms with Crippen LogP contribution in [0.15, 0.2) is 91.0 Å². The topological polar surface area (TPSA) is 81.8 Å². The van der Waals surface area contributed by atoms with Crippen LogP contribution in [0.1, 0.15) is 22.3 Å². The smallest absolute Gasteiger partial charge is 0.251 e. The van der Waals surface area contributed by atoms with Gasteiger partial charge in [-0.1, -0.05) is 66.7 Å². The quantitative estimate of drug-likeness (QED) is 0.489. The first-order valence-corrected chi connectivity index (χ1v) is 12.4. The molecule has 3 amide bonds. The van der Waals surface area contributed by atoms with Gasteiger partial charge < -0.3 is 20.4 Å². The van der Waals surface area contributed by atoms with Crippen molar-refractivity contribution >= 4 is 23.4 Å². The molecule has 186 valence electrons. The van der Waals surface area contributed by atoms with Crippen molar-refractivity contribution in [1.29, 1.82) is 0 Å². The molecule has 1 fully saturated rings. The fourth-order valence-corrected chi connectivity index (χ4v) is 4.32. The number of para-hydroxylation sites is 1. The van der Waals surface area contributed by atoms with Gasteiger partial charge in [0, 0.05) is 56.8 Å². The van der Waals surface area contributed by atoms with E-state index < -0.39 is 6.04 Å². The van der Waals surface area contributed by atoms with Crippen molar-refractivity contribution in [3.8, 4) is 0 Å². The van der Waals surface area contributed by atoms with Gasteiger partial charge in [0.2, 0.25) is 11.8 Å². The highest BCUT2D eigenvalue weighted by Gasteiger charge is 2.24. The van der Waals surface area contributed by atoms with Gasteiger partial charge in [0.15, 0.2) is 0 Å². The summed E-state index contributed by atoms with van der Waals surface area (Å²) in [5.41, 5.74) is 2.60. The first kappa shape index (κ1) is 25.0. The lowest BCUT2D eigenvalue weighted by Gasteiger charge is -2.36. The van der Waals surface area contributed by atoms with Crippen molar-refractivity contribution < 1.29 is 14.4 Å². The Bertz CT molecular complexity index is 1130. The summed E-state index contributed by atoms with van der Waals surface area (Å²) in [5.74, 6) is -0.584. The van der Waals surface area contributed by atoms with Gasteiger partial charge in [0.05, 0.1) is 0 Å². The van der Waals surface area contributed by atoms with Crippen LogP contribution in [0.25, 0.3) is 0 Å². The second-order valence-corrected chi connectivity index (χ2v) is 8.83. The Morgan fingerprint density at radius 1 is 0.750 bits per heavy atom. The highest BCUT2D eigenvalue weighted by molar-refractivity contribution is 5.97. The molecule has 2 N–H and O–H groups in total. The Morgan fingerprint density at radius 2 is 1.33 bits per heavy atom. The molecule has 7 heteroatoms. The molecule has 0 aliphatic carbocycles. The molecule has 7 nitrogen and oxygen atoms in total. The molecule has 3 aromatic carbocycles. The van der Waals surface area contributed by atoms with Crippen LogP contribution in [0.4, 0.5) is 5.69 Å². The summed E-state index contributed by atoms with van der Waals surface area (Å²) in [4.78, 5) is 42.6. The van der Waals surface area contributed by atoms with Crippen molar-refractivity contribution in [2.24, 2.45) is 0 Å². The van der Waals surface area contributed by atoms with Gasteiger partial charge in [0.1, 0.15) is 6.04 Å². The molecule has 4 rings (SSSR count). The number of benzene rings is 3. The molecule has 3 aromatic rings. The summed E-state index contributed by atoms with van der Waals surface area (Å²) in [6.07, 6.45) is 0.586. The minimum atomic E-state index is -0.746. The minimum absolute atomic E-state index is 0.0240. The predicted molar refractivity (Wildman–Crippen MR) is 141 cm³/mol. The SMILES string of the molecule is O=C(NC(Cc1ccccc1)C(=O)NCCC(=O)N1CCN(c2ccccc2)CC1)c1ccccc1. The molecule has 1 saturated heterocycles. The van der Waals surface area contributed by atoms with E-state index in [1.54, 1.807) is 24.3 Å². The molecule has 1 heterocycles. The first-order chi connectivity index (χ1) is 17.6. The third-order valence-corrected chi connectivity index (χ3v) is 6.33. The van der Waals surface area contributed by atoms with E-state index in [2.05, 4.69) is 27.7 Å². The molecule has 0 spiro atoms. The lowest BCUT2D eigenvalue weighted by atomic mass is 10.0. The lowest BCUT2D eigenvalue weighted by Crippen LogP contribution is -2.50. The molecule has 1 aliphatic heterocycles. The van der Waals surface area contributed by atoms with Crippen molar-refractivity contribution in [3.05, 3.63) is 102 Å². The second kappa shape index (κ2) is 12.5. The Kier molecular flexibility index (Phi) is 8.70. The van der Waals surface area contributed by atoms with Crippen molar-refractivity contribution in [2.75, 3.05) is 37.6 Å². The number of hydrogen-bond donors (Lipinski definition) is 2. The maximum Gasteiger partial charge on any atom is 0.251 e. The summed E-state index contributed by atoms with van der Waals surface area (Å²) in [6, 6.07) is 27.8. The minimum Gasteiger partial charge on any atom is -0.368 e. The number of carbonyl (C=O) groups excluding carboxylic acids is 3. The van der Waals surface area contributed by atoms with Crippen molar-refractivity contribution in [2.45, 2.75) is 18.9 Å². The molecule has 1 aliphatic rings. The van der Waals surface area contributed by atoms with Crippen LogP contribution < -0.4 is 15.5 Å². The number of nitrogens with one attached hydrogen (secondary N) is 2. The van der Waals surface area contributed by atoms with E-state index in [1.807, 2.05) is 59.5 Å². The normalized spacial score (nSPS) is 14.1. The molecule has 0 radical (unpaired) electrons. The number of amides is 3. The average Bonchev–Trinajstić information content (AvgIpc) is 2.94. The van der Waals surface area contributed by atoms with Gasteiger partial charge in [0.25, 0.3) is 5.91 Å². The van der Waals surface area contributed by atoms with Crippen molar-refractivity contribution in [1.82, 2.24) is 15.5 Å². The third kappa shape index (κ3) is 6.95. The second-order valence-electron chi connectivity index (χ2n) is 8.83. The average molecular weight is 485 g/mol. The zero-order valence-electron chi connectivity index (χ0n) is 20.3. The summed E-state index contributed by atoms with van der Waals surface area (Å²) in [7, 11) is 0. The summed E-state index contributed by atoms with van der Waals surface area (Å²) >= 11 is 0. The molecule has 36 heavy (non-hydrogen) atoms. The van der Waals surface area contributed by atoms with Crippen LogP contribution in [0.5, 0.6) is 0 Å². The van der Waals surface area contributed by atoms with E-state index in [9.17, 15) is 14.4 Å². The Morgan fingerprint density at radius 3 is 1.97 bits per heavy atom. The summed E-state index contributed by atoms with van der Waals surface area (Å²) in [6.45, 7) is 3.11. The Balaban J connectivity index is 1.28. The maximum absolute atomic E-state index is 13.0. The van der Waals surface area contributed by atoms with E-state index in [0.717, 1.165) is 18.7 Å². The monoisotopic (exact) mass is 484 g/mol. The van der Waals surface area contributed by atoms with E-state index in [-0.39, 0.29) is 30.7 Å². The van der Waals surface area contributed by atoms with Gasteiger partial charge in [-0.2, -0.15) is 0 Å². The van der Waals surface area contributed by atoms with Crippen LogP contribution in [0.3, 0.4) is 0 Å². The molecular formula is C29H32N4O3. The van der Waals surface area contributed by atoms with Crippen LogP contribution in [-0.2, 0) is 16.0 Å². The molecule has 1 unspecified atom stereocenters. The van der Waals surface area contributed by atoms with Gasteiger partial charge >= 0.3 is 0 Å². The largest absolute Gasteiger partial charge is 0.368 e. The highest BCUT2D eigenvalue weighted by Crippen LogP contribution is 2.16. The van der Waals surface area contributed by atoms with Crippen LogP contribution >= 0.6 is 0 Å². The fraction of sp³-hybridized carbons (Fsp3) is 0.276. The van der Waals surface area contributed by atoms with E-state index in [1.165, 1.54) is 5.69 Å². The molecule has 0 bridgehead atoms. The van der Waals surface area contributed by atoms with Gasteiger partial charge in [-0.3, -0.25) is 14.4 Å². The van der Waals surface area contributed by atoms with Gasteiger partial charge in [-0.05, 0) is 29.8 Å². The molecule has 1 atom stereocenters. The predicted octanol–water partition coefficient (Wildman–Crippen LogP) is 2.88. The van der Waals surface area contributed by atoms with Crippen LogP contribution in [-0.4, -0.2) is 61.4 Å². The van der Waals surface area contributed by atoms with Crippen molar-refractivity contribution in [3.63, 3.8) is 0 Å². The van der Waals surface area contributed by atoms with E-state index in [4.69, 9.17) is 0 Å². The zero-order valence-corrected chi connectivity index (χ0v) is 20.3. The zero-order chi connectivity index (χ0) is 25.2. The Hall–Kier alpha value is -4.13. The van der Waals surface area contributed by atoms with Crippen LogP contribution in [0.2, 0.25) is 0 Å². The number of rotatable bonds is 9. The Labute approximate surface area is 212 Å². The van der Waals surface area contributed by atoms with Gasteiger partial charge in [-0.15, -0.1) is 0 Å². The number of piperazine rings is 1. The first-order valence-electron chi connectivity index (χ1n) is 12.4. The lowest BCUT2D eigenvalue weighted by molar-refractivity contribution is -0.131. The highest BCUT2D eigenvalue weighted by atomic mass is 16.2. The van der Waals surface area contributed by atoms with Gasteiger partial charge in [-0.25, -0.2) is 0 Å². The fourth-order valence-electron chi connectivity index (χ4n) is 4.32. The van der Waals surface area contributed by atoms with E-state index >= 15 is 0 Å². The number of anilines is 1. The number of nitrogens with zero attached hydrogens (tertiary/aromatic N) is 2.